The summed E-state index contributed by atoms with van der Waals surface area (Å²) >= 11 is 5.04. The van der Waals surface area contributed by atoms with E-state index in [4.69, 9.17) is 11.1 Å². The smallest absolute Gasteiger partial charge is 0.214 e. The van der Waals surface area contributed by atoms with E-state index in [9.17, 15) is 0 Å². The van der Waals surface area contributed by atoms with E-state index in [-0.39, 0.29) is 5.84 Å². The first-order valence-electron chi connectivity index (χ1n) is 6.75. The van der Waals surface area contributed by atoms with E-state index in [1.54, 1.807) is 0 Å². The minimum Gasteiger partial charge on any atom is -0.384 e. The Balaban J connectivity index is 1.84. The molecule has 1 saturated carbocycles. The van der Waals surface area contributed by atoms with E-state index in [2.05, 4.69) is 31.5 Å². The number of nitrogens with two attached hydrogens (primary N) is 1. The molecule has 110 valence electrons. The molecule has 1 heterocycles. The number of nitrogens with zero attached hydrogens (tertiary/aromatic N) is 4. The summed E-state index contributed by atoms with van der Waals surface area (Å²) in [6.45, 7) is 0. The Morgan fingerprint density at radius 1 is 1.38 bits per heavy atom. The van der Waals surface area contributed by atoms with Crippen molar-refractivity contribution in [3.63, 3.8) is 0 Å². The molecule has 0 atom stereocenters. The van der Waals surface area contributed by atoms with Crippen LogP contribution in [0.1, 0.15) is 37.3 Å². The average molecular weight is 367 g/mol. The molecule has 0 amide bonds. The fourth-order valence-electron chi connectivity index (χ4n) is 2.48. The molecule has 1 fully saturated rings. The van der Waals surface area contributed by atoms with Gasteiger partial charge in [0.2, 0.25) is 5.16 Å². The van der Waals surface area contributed by atoms with E-state index in [0.29, 0.717) is 11.6 Å². The summed E-state index contributed by atoms with van der Waals surface area (Å²) in [5.74, 6) is 0.0584. The van der Waals surface area contributed by atoms with Gasteiger partial charge in [0, 0.05) is 14.9 Å². The molecule has 3 N–H and O–H groups in total. The van der Waals surface area contributed by atoms with E-state index < -0.39 is 0 Å². The number of rotatable bonds is 4. The van der Waals surface area contributed by atoms with E-state index >= 15 is 0 Å². The van der Waals surface area contributed by atoms with Gasteiger partial charge in [0.1, 0.15) is 5.84 Å². The van der Waals surface area contributed by atoms with Gasteiger partial charge < -0.3 is 5.73 Å². The van der Waals surface area contributed by atoms with Crippen LogP contribution >= 0.6 is 27.7 Å². The van der Waals surface area contributed by atoms with E-state index in [1.807, 2.05) is 22.9 Å². The van der Waals surface area contributed by atoms with Crippen molar-refractivity contribution >= 4 is 33.5 Å². The quantitative estimate of drug-likeness (QED) is 0.640. The van der Waals surface area contributed by atoms with Crippen LogP contribution in [0, 0.1) is 5.41 Å². The summed E-state index contributed by atoms with van der Waals surface area (Å²) < 4.78 is 2.82. The van der Waals surface area contributed by atoms with Gasteiger partial charge in [0.05, 0.1) is 6.04 Å². The van der Waals surface area contributed by atoms with Crippen LogP contribution in [0.25, 0.3) is 0 Å². The maximum Gasteiger partial charge on any atom is 0.214 e. The maximum atomic E-state index is 7.46. The van der Waals surface area contributed by atoms with Gasteiger partial charge >= 0.3 is 0 Å². The average Bonchev–Trinajstić information content (AvgIpc) is 3.11. The summed E-state index contributed by atoms with van der Waals surface area (Å²) in [5.41, 5.74) is 6.19. The number of hydrogen-bond donors (Lipinski definition) is 2. The van der Waals surface area contributed by atoms with Gasteiger partial charge in [-0.25, -0.2) is 4.68 Å². The molecule has 1 aromatic carbocycles. The monoisotopic (exact) mass is 366 g/mol. The highest BCUT2D eigenvalue weighted by Crippen LogP contribution is 2.36. The number of hydrogen-bond acceptors (Lipinski definition) is 5. The zero-order valence-corrected chi connectivity index (χ0v) is 13.7. The van der Waals surface area contributed by atoms with E-state index in [1.165, 1.54) is 24.6 Å². The highest BCUT2D eigenvalue weighted by molar-refractivity contribution is 9.10. The summed E-state index contributed by atoms with van der Waals surface area (Å²) in [4.78, 5) is 1.01. The Labute approximate surface area is 135 Å². The third-order valence-electron chi connectivity index (χ3n) is 3.58. The van der Waals surface area contributed by atoms with Gasteiger partial charge in [-0.3, -0.25) is 5.41 Å². The van der Waals surface area contributed by atoms with Gasteiger partial charge in [-0.05, 0) is 63.1 Å². The van der Waals surface area contributed by atoms with Crippen molar-refractivity contribution in [1.29, 1.82) is 5.41 Å². The molecule has 0 radical (unpaired) electrons. The van der Waals surface area contributed by atoms with Gasteiger partial charge in [-0.15, -0.1) is 5.10 Å². The number of aromatic nitrogens is 4. The topological polar surface area (TPSA) is 93.5 Å². The largest absolute Gasteiger partial charge is 0.384 e. The molecule has 0 aliphatic heterocycles. The molecule has 0 spiro atoms. The van der Waals surface area contributed by atoms with Crippen LogP contribution in [-0.2, 0) is 0 Å². The van der Waals surface area contributed by atoms with Crippen LogP contribution < -0.4 is 5.73 Å². The van der Waals surface area contributed by atoms with Crippen molar-refractivity contribution in [1.82, 2.24) is 20.2 Å². The molecule has 0 bridgehead atoms. The lowest BCUT2D eigenvalue weighted by molar-refractivity contribution is 0.423. The lowest BCUT2D eigenvalue weighted by atomic mass is 10.2. The molecule has 0 unspecified atom stereocenters. The first-order valence-corrected chi connectivity index (χ1v) is 8.36. The number of nitrogens with one attached hydrogen (secondary N) is 1. The number of tetrazole rings is 1. The summed E-state index contributed by atoms with van der Waals surface area (Å²) in [5, 5.41) is 20.3. The third-order valence-corrected chi connectivity index (χ3v) is 5.52. The number of nitrogen functional groups attached to an aromatic ring is 1. The number of benzene rings is 1. The predicted molar refractivity (Wildman–Crippen MR) is 84.6 cm³/mol. The first kappa shape index (κ1) is 14.5. The molecular formula is C13H15BrN6S. The molecule has 1 aliphatic rings. The Kier molecular flexibility index (Phi) is 4.25. The first-order chi connectivity index (χ1) is 10.1. The van der Waals surface area contributed by atoms with Crippen molar-refractivity contribution < 1.29 is 0 Å². The second kappa shape index (κ2) is 6.15. The molecule has 3 rings (SSSR count). The van der Waals surface area contributed by atoms with Gasteiger partial charge in [-0.1, -0.05) is 18.9 Å². The molecule has 6 nitrogen and oxygen atoms in total. The van der Waals surface area contributed by atoms with Crippen molar-refractivity contribution in [2.75, 3.05) is 0 Å². The third kappa shape index (κ3) is 3.11. The summed E-state index contributed by atoms with van der Waals surface area (Å²) in [7, 11) is 0. The van der Waals surface area contributed by atoms with Crippen molar-refractivity contribution in [2.24, 2.45) is 5.73 Å². The molecule has 1 aromatic heterocycles. The Bertz CT molecular complexity index is 664. The molecule has 0 saturated heterocycles. The van der Waals surface area contributed by atoms with E-state index in [0.717, 1.165) is 27.4 Å². The highest BCUT2D eigenvalue weighted by Gasteiger charge is 2.22. The number of amidine groups is 1. The Morgan fingerprint density at radius 2 is 2.14 bits per heavy atom. The highest BCUT2D eigenvalue weighted by atomic mass is 79.9. The standard InChI is InChI=1S/C13H15BrN6S/c14-10-7-8(12(15)16)5-6-11(10)21-13-17-18-19-20(13)9-3-1-2-4-9/h5-7,9H,1-4H2,(H3,15,16). The van der Waals surface area contributed by atoms with Crippen LogP contribution in [0.2, 0.25) is 0 Å². The predicted octanol–water partition coefficient (Wildman–Crippen LogP) is 2.99. The minimum atomic E-state index is 0.0584. The molecule has 2 aromatic rings. The maximum absolute atomic E-state index is 7.46. The normalized spacial score (nSPS) is 15.5. The van der Waals surface area contributed by atoms with Crippen LogP contribution in [0.5, 0.6) is 0 Å². The van der Waals surface area contributed by atoms with Crippen molar-refractivity contribution in [3.8, 4) is 0 Å². The fourth-order valence-corrected chi connectivity index (χ4v) is 3.95. The molecular weight excluding hydrogens is 352 g/mol. The molecule has 21 heavy (non-hydrogen) atoms. The lowest BCUT2D eigenvalue weighted by Gasteiger charge is -2.11. The van der Waals surface area contributed by atoms with Crippen molar-refractivity contribution in [2.45, 2.75) is 41.8 Å². The van der Waals surface area contributed by atoms with Gasteiger partial charge in [-0.2, -0.15) is 0 Å². The lowest BCUT2D eigenvalue weighted by Crippen LogP contribution is -2.10. The second-order valence-electron chi connectivity index (χ2n) is 5.01. The summed E-state index contributed by atoms with van der Waals surface area (Å²) in [6, 6.07) is 6.02. The van der Waals surface area contributed by atoms with Gasteiger partial charge in [0.25, 0.3) is 0 Å². The molecule has 8 heteroatoms. The summed E-state index contributed by atoms with van der Waals surface area (Å²) in [6.07, 6.45) is 4.77. The van der Waals surface area contributed by atoms with Crippen LogP contribution in [-0.4, -0.2) is 26.0 Å². The van der Waals surface area contributed by atoms with Crippen molar-refractivity contribution in [3.05, 3.63) is 28.2 Å². The fraction of sp³-hybridized carbons (Fsp3) is 0.385. The van der Waals surface area contributed by atoms with Crippen LogP contribution in [0.15, 0.2) is 32.7 Å². The number of halogens is 1. The molecule has 1 aliphatic carbocycles. The Morgan fingerprint density at radius 3 is 2.81 bits per heavy atom. The van der Waals surface area contributed by atoms with Crippen LogP contribution in [0.4, 0.5) is 0 Å². The minimum absolute atomic E-state index is 0.0584. The van der Waals surface area contributed by atoms with Crippen LogP contribution in [0.3, 0.4) is 0 Å². The Hall–Kier alpha value is -1.41. The zero-order chi connectivity index (χ0) is 14.8. The van der Waals surface area contributed by atoms with Gasteiger partial charge in [0.15, 0.2) is 0 Å². The zero-order valence-electron chi connectivity index (χ0n) is 11.3. The second-order valence-corrected chi connectivity index (χ2v) is 6.87. The SMILES string of the molecule is N=C(N)c1ccc(Sc2nnnn2C2CCCC2)c(Br)c1.